The third-order valence-electron chi connectivity index (χ3n) is 3.43. The van der Waals surface area contributed by atoms with Gasteiger partial charge in [-0.25, -0.2) is 4.79 Å². The number of benzene rings is 1. The highest BCUT2D eigenvalue weighted by atomic mass is 79.9. The van der Waals surface area contributed by atoms with Gasteiger partial charge in [-0.15, -0.1) is 12.4 Å². The van der Waals surface area contributed by atoms with E-state index in [2.05, 4.69) is 27.8 Å². The average Bonchev–Trinajstić information content (AvgIpc) is 2.28. The van der Waals surface area contributed by atoms with Crippen LogP contribution in [0.3, 0.4) is 0 Å². The maximum atomic E-state index is 11.2. The number of hydrogen-bond acceptors (Lipinski definition) is 2. The van der Waals surface area contributed by atoms with Gasteiger partial charge in [0.05, 0.1) is 5.56 Å². The van der Waals surface area contributed by atoms with Crippen molar-refractivity contribution in [1.29, 1.82) is 0 Å². The molecule has 1 atom stereocenters. The number of halogens is 2. The topological polar surface area (TPSA) is 40.5 Å². The third-order valence-corrected chi connectivity index (χ3v) is 3.93. The molecule has 1 aliphatic rings. The van der Waals surface area contributed by atoms with Gasteiger partial charge in [0.2, 0.25) is 0 Å². The molecule has 0 radical (unpaired) electrons. The van der Waals surface area contributed by atoms with Crippen LogP contribution in [-0.2, 0) is 6.54 Å². The Kier molecular flexibility index (Phi) is 6.30. The molecule has 0 aliphatic carbocycles. The van der Waals surface area contributed by atoms with Gasteiger partial charge < -0.3 is 5.11 Å². The number of piperidine rings is 1. The molecule has 1 N–H and O–H groups in total. The fraction of sp³-hybridized carbons (Fsp3) is 0.500. The van der Waals surface area contributed by atoms with E-state index in [1.165, 1.54) is 12.8 Å². The molecule has 5 heteroatoms. The third kappa shape index (κ3) is 4.48. The zero-order valence-electron chi connectivity index (χ0n) is 10.9. The Hall–Kier alpha value is -0.580. The Morgan fingerprint density at radius 1 is 1.53 bits per heavy atom. The molecule has 0 spiro atoms. The number of hydrogen-bond donors (Lipinski definition) is 1. The van der Waals surface area contributed by atoms with Crippen molar-refractivity contribution in [2.75, 3.05) is 13.1 Å². The molecule has 1 aliphatic heterocycles. The smallest absolute Gasteiger partial charge is 0.336 e. The number of rotatable bonds is 3. The highest BCUT2D eigenvalue weighted by Crippen LogP contribution is 2.22. The summed E-state index contributed by atoms with van der Waals surface area (Å²) in [5, 5.41) is 9.20. The molecule has 1 heterocycles. The van der Waals surface area contributed by atoms with E-state index in [9.17, 15) is 9.90 Å². The van der Waals surface area contributed by atoms with Crippen LogP contribution >= 0.6 is 28.3 Å². The minimum Gasteiger partial charge on any atom is -0.478 e. The van der Waals surface area contributed by atoms with Gasteiger partial charge in [-0.2, -0.15) is 0 Å². The Morgan fingerprint density at radius 2 is 2.26 bits per heavy atom. The van der Waals surface area contributed by atoms with Crippen molar-refractivity contribution in [3.05, 3.63) is 33.8 Å². The van der Waals surface area contributed by atoms with Crippen molar-refractivity contribution < 1.29 is 9.90 Å². The summed E-state index contributed by atoms with van der Waals surface area (Å²) < 4.78 is 0.938. The van der Waals surface area contributed by atoms with Crippen LogP contribution < -0.4 is 0 Å². The summed E-state index contributed by atoms with van der Waals surface area (Å²) in [5.41, 5.74) is 1.31. The van der Waals surface area contributed by atoms with Crippen LogP contribution in [0.1, 0.15) is 35.7 Å². The maximum Gasteiger partial charge on any atom is 0.336 e. The molecule has 1 saturated heterocycles. The monoisotopic (exact) mass is 347 g/mol. The molecular weight excluding hydrogens is 330 g/mol. The van der Waals surface area contributed by atoms with Crippen molar-refractivity contribution in [2.24, 2.45) is 5.92 Å². The second-order valence-corrected chi connectivity index (χ2v) is 6.00. The zero-order chi connectivity index (χ0) is 13.1. The lowest BCUT2D eigenvalue weighted by atomic mass is 9.99. The van der Waals surface area contributed by atoms with Crippen molar-refractivity contribution in [2.45, 2.75) is 26.3 Å². The molecule has 1 aromatic rings. The quantitative estimate of drug-likeness (QED) is 0.903. The molecule has 1 aromatic carbocycles. The Labute approximate surface area is 128 Å². The largest absolute Gasteiger partial charge is 0.478 e. The van der Waals surface area contributed by atoms with Gasteiger partial charge in [-0.05, 0) is 49.1 Å². The second-order valence-electron chi connectivity index (χ2n) is 5.09. The fourth-order valence-electron chi connectivity index (χ4n) is 2.57. The second kappa shape index (κ2) is 7.27. The van der Waals surface area contributed by atoms with Crippen LogP contribution in [0.5, 0.6) is 0 Å². The first-order chi connectivity index (χ1) is 8.56. The SMILES string of the molecule is CC1CCCN(Cc2cc(Br)ccc2C(=O)O)C1.Cl. The van der Waals surface area contributed by atoms with Gasteiger partial charge in [0, 0.05) is 17.6 Å². The summed E-state index contributed by atoms with van der Waals surface area (Å²) in [5.74, 6) is -0.137. The normalized spacial score (nSPS) is 19.8. The number of nitrogens with zero attached hydrogens (tertiary/aromatic N) is 1. The molecule has 2 rings (SSSR count). The van der Waals surface area contributed by atoms with Gasteiger partial charge in [0.15, 0.2) is 0 Å². The zero-order valence-corrected chi connectivity index (χ0v) is 13.3. The maximum absolute atomic E-state index is 11.2. The molecule has 0 amide bonds. The number of likely N-dealkylation sites (tertiary alicyclic amines) is 1. The minimum absolute atomic E-state index is 0. The molecule has 1 fully saturated rings. The van der Waals surface area contributed by atoms with Crippen LogP contribution in [0.4, 0.5) is 0 Å². The molecule has 3 nitrogen and oxygen atoms in total. The van der Waals surface area contributed by atoms with Gasteiger partial charge in [0.25, 0.3) is 0 Å². The molecule has 0 bridgehead atoms. The van der Waals surface area contributed by atoms with Crippen molar-refractivity contribution in [3.8, 4) is 0 Å². The van der Waals surface area contributed by atoms with E-state index in [4.69, 9.17) is 0 Å². The highest BCUT2D eigenvalue weighted by molar-refractivity contribution is 9.10. The van der Waals surface area contributed by atoms with Crippen LogP contribution in [0, 0.1) is 5.92 Å². The average molecular weight is 349 g/mol. The van der Waals surface area contributed by atoms with Crippen molar-refractivity contribution in [1.82, 2.24) is 4.90 Å². The van der Waals surface area contributed by atoms with Gasteiger partial charge in [0.1, 0.15) is 0 Å². The van der Waals surface area contributed by atoms with Crippen LogP contribution in [0.15, 0.2) is 22.7 Å². The number of carboxylic acid groups (broad SMARTS) is 1. The first kappa shape index (κ1) is 16.5. The van der Waals surface area contributed by atoms with Crippen LogP contribution in [0.2, 0.25) is 0 Å². The summed E-state index contributed by atoms with van der Waals surface area (Å²) in [4.78, 5) is 13.6. The molecular formula is C14H19BrClNO2. The first-order valence-corrected chi connectivity index (χ1v) is 7.09. The summed E-state index contributed by atoms with van der Waals surface area (Å²) in [6, 6.07) is 5.38. The predicted octanol–water partition coefficient (Wildman–Crippen LogP) is 3.80. The van der Waals surface area contributed by atoms with Gasteiger partial charge in [-0.1, -0.05) is 22.9 Å². The summed E-state index contributed by atoms with van der Waals surface area (Å²) in [6.07, 6.45) is 2.48. The Morgan fingerprint density at radius 3 is 2.89 bits per heavy atom. The molecule has 19 heavy (non-hydrogen) atoms. The van der Waals surface area contributed by atoms with E-state index in [0.717, 1.165) is 29.7 Å². The highest BCUT2D eigenvalue weighted by Gasteiger charge is 2.19. The van der Waals surface area contributed by atoms with E-state index >= 15 is 0 Å². The summed E-state index contributed by atoms with van der Waals surface area (Å²) in [6.45, 7) is 5.11. The Bertz CT molecular complexity index is 453. The fourth-order valence-corrected chi connectivity index (χ4v) is 2.98. The van der Waals surface area contributed by atoms with Gasteiger partial charge in [-0.3, -0.25) is 4.90 Å². The first-order valence-electron chi connectivity index (χ1n) is 6.30. The minimum atomic E-state index is -0.845. The molecule has 0 aromatic heterocycles. The van der Waals surface area contributed by atoms with Crippen molar-refractivity contribution in [3.63, 3.8) is 0 Å². The van der Waals surface area contributed by atoms with Crippen LogP contribution in [-0.4, -0.2) is 29.1 Å². The standard InChI is InChI=1S/C14H18BrNO2.ClH/c1-10-3-2-6-16(8-10)9-11-7-12(15)4-5-13(11)14(17)18;/h4-5,7,10H,2-3,6,8-9H2,1H3,(H,17,18);1H. The van der Waals surface area contributed by atoms with Crippen molar-refractivity contribution >= 4 is 34.3 Å². The molecule has 0 saturated carbocycles. The number of aromatic carboxylic acids is 1. The number of carboxylic acids is 1. The Balaban J connectivity index is 0.00000180. The lowest BCUT2D eigenvalue weighted by molar-refractivity contribution is 0.0693. The summed E-state index contributed by atoms with van der Waals surface area (Å²) >= 11 is 3.41. The van der Waals surface area contributed by atoms with E-state index in [1.807, 2.05) is 6.07 Å². The van der Waals surface area contributed by atoms with E-state index in [0.29, 0.717) is 11.5 Å². The van der Waals surface area contributed by atoms with E-state index in [1.54, 1.807) is 12.1 Å². The predicted molar refractivity (Wildman–Crippen MR) is 82.0 cm³/mol. The van der Waals surface area contributed by atoms with Crippen LogP contribution in [0.25, 0.3) is 0 Å². The number of carbonyl (C=O) groups is 1. The van der Waals surface area contributed by atoms with E-state index in [-0.39, 0.29) is 12.4 Å². The summed E-state index contributed by atoms with van der Waals surface area (Å²) in [7, 11) is 0. The molecule has 106 valence electrons. The van der Waals surface area contributed by atoms with Gasteiger partial charge >= 0.3 is 5.97 Å². The molecule has 1 unspecified atom stereocenters. The van der Waals surface area contributed by atoms with E-state index < -0.39 is 5.97 Å². The lowest BCUT2D eigenvalue weighted by Crippen LogP contribution is -2.34. The lowest BCUT2D eigenvalue weighted by Gasteiger charge is -2.31.